The van der Waals surface area contributed by atoms with Crippen LogP contribution in [0, 0.1) is 13.8 Å². The molecule has 0 atom stereocenters. The first-order chi connectivity index (χ1) is 12.2. The first kappa shape index (κ1) is 21.9. The number of ether oxygens (including phenoxy) is 1. The number of allylic oxidation sites excluding steroid dienone is 1. The smallest absolute Gasteiger partial charge is 0.333 e. The molecule has 0 fully saturated rings. The van der Waals surface area contributed by atoms with Gasteiger partial charge in [0.1, 0.15) is 0 Å². The van der Waals surface area contributed by atoms with Crippen LogP contribution < -0.4 is 0 Å². The van der Waals surface area contributed by atoms with Crippen LogP contribution in [0.15, 0.2) is 36.4 Å². The maximum Gasteiger partial charge on any atom is 0.333 e. The number of Topliss-reactive ketones (excluding diaryl/α,β-unsaturated/α-hetero) is 1. The van der Waals surface area contributed by atoms with E-state index >= 15 is 0 Å². The molecule has 0 aliphatic rings. The largest absolute Gasteiger partial charge is 0.462 e. The second-order valence-corrected chi connectivity index (χ2v) is 7.14. The molecular weight excluding hydrogens is 324 g/mol. The quantitative estimate of drug-likeness (QED) is 0.310. The Kier molecular flexibility index (Phi) is 9.04. The molecule has 0 N–H and O–H groups in total. The topological polar surface area (TPSA) is 43.4 Å². The lowest BCUT2D eigenvalue weighted by Crippen LogP contribution is -2.07. The molecule has 142 valence electrons. The number of esters is 1. The molecule has 3 heteroatoms. The molecule has 0 aliphatic carbocycles. The molecule has 0 aliphatic heterocycles. The van der Waals surface area contributed by atoms with Gasteiger partial charge in [0.15, 0.2) is 5.78 Å². The Hall–Kier alpha value is -2.16. The second-order valence-electron chi connectivity index (χ2n) is 7.14. The highest BCUT2D eigenvalue weighted by molar-refractivity contribution is 5.94. The van der Waals surface area contributed by atoms with Crippen molar-refractivity contribution in [3.8, 4) is 0 Å². The summed E-state index contributed by atoms with van der Waals surface area (Å²) < 4.78 is 5.15. The summed E-state index contributed by atoms with van der Waals surface area (Å²) in [6.07, 6.45) is 5.20. The highest BCUT2D eigenvalue weighted by atomic mass is 16.5. The SMILES string of the molecule is C=C(C)C(=O)CCCCc1cc(C)c(CCCOC(=O)C(=C)C)cc1C. The number of carbonyl (C=O) groups is 2. The average molecular weight is 357 g/mol. The zero-order valence-electron chi connectivity index (χ0n) is 16.7. The monoisotopic (exact) mass is 356 g/mol. The maximum atomic E-state index is 11.6. The van der Waals surface area contributed by atoms with Crippen LogP contribution in [0.4, 0.5) is 0 Å². The summed E-state index contributed by atoms with van der Waals surface area (Å²) in [5.41, 5.74) is 6.30. The maximum absolute atomic E-state index is 11.6. The van der Waals surface area contributed by atoms with Crippen LogP contribution >= 0.6 is 0 Å². The predicted molar refractivity (Wildman–Crippen MR) is 107 cm³/mol. The summed E-state index contributed by atoms with van der Waals surface area (Å²) in [6, 6.07) is 4.50. The van der Waals surface area contributed by atoms with E-state index in [2.05, 4.69) is 39.1 Å². The van der Waals surface area contributed by atoms with Crippen LogP contribution in [0.2, 0.25) is 0 Å². The van der Waals surface area contributed by atoms with Crippen LogP contribution in [0.1, 0.15) is 61.8 Å². The second kappa shape index (κ2) is 10.7. The third-order valence-electron chi connectivity index (χ3n) is 4.54. The Balaban J connectivity index is 2.49. The van der Waals surface area contributed by atoms with Gasteiger partial charge >= 0.3 is 5.97 Å². The van der Waals surface area contributed by atoms with E-state index in [9.17, 15) is 9.59 Å². The Morgan fingerprint density at radius 3 is 1.92 bits per heavy atom. The highest BCUT2D eigenvalue weighted by Crippen LogP contribution is 2.20. The van der Waals surface area contributed by atoms with Crippen LogP contribution in [0.5, 0.6) is 0 Å². The lowest BCUT2D eigenvalue weighted by Gasteiger charge is -2.13. The van der Waals surface area contributed by atoms with E-state index < -0.39 is 0 Å². The number of carbonyl (C=O) groups excluding carboxylic acids is 2. The molecule has 0 heterocycles. The predicted octanol–water partition coefficient (Wildman–Crippen LogP) is 5.21. The fraction of sp³-hybridized carbons (Fsp3) is 0.478. The normalized spacial score (nSPS) is 10.5. The van der Waals surface area contributed by atoms with Gasteiger partial charge < -0.3 is 4.74 Å². The molecule has 0 spiro atoms. The zero-order valence-corrected chi connectivity index (χ0v) is 16.7. The summed E-state index contributed by atoms with van der Waals surface area (Å²) in [7, 11) is 0. The van der Waals surface area contributed by atoms with Gasteiger partial charge in [-0.25, -0.2) is 4.79 Å². The number of rotatable bonds is 11. The lowest BCUT2D eigenvalue weighted by molar-refractivity contribution is -0.139. The van der Waals surface area contributed by atoms with Gasteiger partial charge in [0, 0.05) is 12.0 Å². The molecule has 0 saturated heterocycles. The van der Waals surface area contributed by atoms with Crippen molar-refractivity contribution in [1.82, 2.24) is 0 Å². The zero-order chi connectivity index (χ0) is 19.7. The fourth-order valence-corrected chi connectivity index (χ4v) is 2.84. The van der Waals surface area contributed by atoms with Gasteiger partial charge in [0.05, 0.1) is 6.61 Å². The van der Waals surface area contributed by atoms with E-state index in [-0.39, 0.29) is 11.8 Å². The molecule has 0 unspecified atom stereocenters. The number of hydrogen-bond donors (Lipinski definition) is 0. The summed E-state index contributed by atoms with van der Waals surface area (Å²) in [5, 5.41) is 0. The van der Waals surface area contributed by atoms with Gasteiger partial charge in [-0.2, -0.15) is 0 Å². The standard InChI is InChI=1S/C23H32O3/c1-16(2)22(24)12-8-7-10-20-14-19(6)21(15-18(20)5)11-9-13-26-23(25)17(3)4/h14-15H,1,3,7-13H2,2,4-6H3. The summed E-state index contributed by atoms with van der Waals surface area (Å²) in [5.74, 6) is -0.154. The molecule has 0 radical (unpaired) electrons. The van der Waals surface area contributed by atoms with E-state index in [4.69, 9.17) is 4.74 Å². The van der Waals surface area contributed by atoms with E-state index in [1.807, 2.05) is 0 Å². The molecule has 26 heavy (non-hydrogen) atoms. The van der Waals surface area contributed by atoms with Crippen molar-refractivity contribution < 1.29 is 14.3 Å². The molecule has 0 saturated carbocycles. The Labute approximate surface area is 158 Å². The Bertz CT molecular complexity index is 623. The van der Waals surface area contributed by atoms with Crippen LogP contribution in [0.25, 0.3) is 0 Å². The van der Waals surface area contributed by atoms with Gasteiger partial charge in [0.25, 0.3) is 0 Å². The summed E-state index contributed by atoms with van der Waals surface area (Å²) in [4.78, 5) is 23.0. The van der Waals surface area contributed by atoms with Crippen LogP contribution in [0.3, 0.4) is 0 Å². The summed E-state index contributed by atoms with van der Waals surface area (Å²) >= 11 is 0. The third kappa shape index (κ3) is 7.38. The van der Waals surface area contributed by atoms with Crippen LogP contribution in [-0.4, -0.2) is 18.4 Å². The number of unbranched alkanes of at least 4 members (excludes halogenated alkanes) is 1. The minimum Gasteiger partial charge on any atom is -0.462 e. The average Bonchev–Trinajstić information content (AvgIpc) is 2.58. The van der Waals surface area contributed by atoms with Crippen molar-refractivity contribution in [2.75, 3.05) is 6.61 Å². The third-order valence-corrected chi connectivity index (χ3v) is 4.54. The van der Waals surface area contributed by atoms with E-state index in [0.717, 1.165) is 32.1 Å². The van der Waals surface area contributed by atoms with Gasteiger partial charge in [-0.1, -0.05) is 25.3 Å². The molecule has 3 nitrogen and oxygen atoms in total. The Morgan fingerprint density at radius 2 is 1.42 bits per heavy atom. The Morgan fingerprint density at radius 1 is 0.885 bits per heavy atom. The van der Waals surface area contributed by atoms with E-state index in [0.29, 0.717) is 24.2 Å². The van der Waals surface area contributed by atoms with Crippen molar-refractivity contribution in [3.63, 3.8) is 0 Å². The molecule has 0 aromatic heterocycles. The number of benzene rings is 1. The summed E-state index contributed by atoms with van der Waals surface area (Å²) in [6.45, 7) is 15.4. The van der Waals surface area contributed by atoms with Crippen molar-refractivity contribution in [1.29, 1.82) is 0 Å². The first-order valence-electron chi connectivity index (χ1n) is 9.32. The first-order valence-corrected chi connectivity index (χ1v) is 9.32. The van der Waals surface area contributed by atoms with Crippen molar-refractivity contribution in [2.24, 2.45) is 0 Å². The number of aryl methyl sites for hydroxylation is 4. The van der Waals surface area contributed by atoms with Crippen molar-refractivity contribution >= 4 is 11.8 Å². The van der Waals surface area contributed by atoms with Gasteiger partial charge in [-0.3, -0.25) is 4.79 Å². The molecule has 0 bridgehead atoms. The number of hydrogen-bond acceptors (Lipinski definition) is 3. The molecule has 0 amide bonds. The fourth-order valence-electron chi connectivity index (χ4n) is 2.84. The van der Waals surface area contributed by atoms with Gasteiger partial charge in [0.2, 0.25) is 0 Å². The molecular formula is C23H32O3. The minimum absolute atomic E-state index is 0.167. The lowest BCUT2D eigenvalue weighted by atomic mass is 9.94. The molecule has 1 aromatic rings. The van der Waals surface area contributed by atoms with Crippen LogP contribution in [-0.2, 0) is 27.2 Å². The molecule has 1 aromatic carbocycles. The minimum atomic E-state index is -0.321. The highest BCUT2D eigenvalue weighted by Gasteiger charge is 2.08. The van der Waals surface area contributed by atoms with Crippen molar-refractivity contribution in [2.45, 2.75) is 66.2 Å². The van der Waals surface area contributed by atoms with Gasteiger partial charge in [-0.15, -0.1) is 0 Å². The van der Waals surface area contributed by atoms with E-state index in [1.54, 1.807) is 13.8 Å². The molecule has 1 rings (SSSR count). The van der Waals surface area contributed by atoms with Crippen molar-refractivity contribution in [3.05, 3.63) is 58.7 Å². The van der Waals surface area contributed by atoms with E-state index in [1.165, 1.54) is 22.3 Å². The number of ketones is 1. The van der Waals surface area contributed by atoms with Gasteiger partial charge in [-0.05, 0) is 87.6 Å².